The van der Waals surface area contributed by atoms with Gasteiger partial charge < -0.3 is 29.9 Å². The van der Waals surface area contributed by atoms with Crippen LogP contribution in [0.25, 0.3) is 0 Å². The second-order valence-electron chi connectivity index (χ2n) is 4.13. The van der Waals surface area contributed by atoms with Crippen LogP contribution in [0.1, 0.15) is 13.8 Å². The van der Waals surface area contributed by atoms with Crippen molar-refractivity contribution in [3.63, 3.8) is 0 Å². The van der Waals surface area contributed by atoms with E-state index in [1.165, 1.54) is 19.1 Å². The van der Waals surface area contributed by atoms with Crippen molar-refractivity contribution in [2.24, 2.45) is 0 Å². The number of carbonyl (C=O) groups is 1. The molecule has 4 atom stereocenters. The summed E-state index contributed by atoms with van der Waals surface area (Å²) in [6.07, 6.45) is -1.15. The second-order valence-corrected chi connectivity index (χ2v) is 4.13. The van der Waals surface area contributed by atoms with Crippen LogP contribution in [0.4, 0.5) is 0 Å². The summed E-state index contributed by atoms with van der Waals surface area (Å²) in [6, 6.07) is 0. The molecule has 0 radical (unpaired) electrons. The molecular formula is C13H22O7. The van der Waals surface area contributed by atoms with Gasteiger partial charge in [0.15, 0.2) is 0 Å². The third-order valence-electron chi connectivity index (χ3n) is 2.50. The third kappa shape index (κ3) is 4.69. The van der Waals surface area contributed by atoms with E-state index in [1.54, 1.807) is 6.92 Å². The number of aliphatic hydroxyl groups excluding tert-OH is 4. The third-order valence-corrected chi connectivity index (χ3v) is 2.50. The number of hydrogen-bond acceptors (Lipinski definition) is 7. The maximum atomic E-state index is 11.6. The van der Waals surface area contributed by atoms with Crippen LogP contribution >= 0.6 is 0 Å². The quantitative estimate of drug-likeness (QED) is 0.188. The molecule has 0 rings (SSSR count). The highest BCUT2D eigenvalue weighted by molar-refractivity contribution is 5.82. The first kappa shape index (κ1) is 18.8. The lowest BCUT2D eigenvalue weighted by Gasteiger charge is -2.40. The normalized spacial score (nSPS) is 19.1. The van der Waals surface area contributed by atoms with Crippen molar-refractivity contribution in [3.05, 3.63) is 24.8 Å². The Hall–Kier alpha value is -1.25. The average Bonchev–Trinajstić information content (AvgIpc) is 2.41. The Morgan fingerprint density at radius 2 is 2.00 bits per heavy atom. The molecule has 0 aromatic carbocycles. The molecule has 116 valence electrons. The Balaban J connectivity index is 5.51. The molecule has 7 heteroatoms. The molecule has 7 nitrogen and oxygen atoms in total. The summed E-state index contributed by atoms with van der Waals surface area (Å²) >= 11 is 0. The van der Waals surface area contributed by atoms with Gasteiger partial charge in [-0.15, -0.1) is 6.58 Å². The zero-order valence-corrected chi connectivity index (χ0v) is 11.6. The highest BCUT2D eigenvalue weighted by Crippen LogP contribution is 2.26. The Bertz CT molecular complexity index is 340. The highest BCUT2D eigenvalue weighted by Gasteiger charge is 2.51. The standard InChI is InChI=1S/C13H22O7/c1-4-6-11(17)20-13(10(16)8-14,19-7-5-2)12(18)9(3)15/h4-6,9-10,12,14-16,18H,2,7-8H2,1,3H3. The van der Waals surface area contributed by atoms with E-state index in [-0.39, 0.29) is 6.61 Å². The van der Waals surface area contributed by atoms with Crippen LogP contribution < -0.4 is 0 Å². The maximum Gasteiger partial charge on any atom is 0.333 e. The molecule has 0 aromatic heterocycles. The van der Waals surface area contributed by atoms with E-state index < -0.39 is 36.7 Å². The largest absolute Gasteiger partial charge is 0.424 e. The molecule has 20 heavy (non-hydrogen) atoms. The summed E-state index contributed by atoms with van der Waals surface area (Å²) < 4.78 is 10.1. The van der Waals surface area contributed by atoms with Crippen LogP contribution in [0, 0.1) is 0 Å². The van der Waals surface area contributed by atoms with E-state index in [0.29, 0.717) is 0 Å². The number of hydrogen-bond donors (Lipinski definition) is 4. The number of aliphatic hydroxyl groups is 4. The maximum absolute atomic E-state index is 11.6. The molecule has 0 saturated heterocycles. The first-order valence-electron chi connectivity index (χ1n) is 6.11. The van der Waals surface area contributed by atoms with Crippen molar-refractivity contribution >= 4 is 5.97 Å². The Morgan fingerprint density at radius 3 is 2.40 bits per heavy atom. The monoisotopic (exact) mass is 290 g/mol. The van der Waals surface area contributed by atoms with Crippen molar-refractivity contribution < 1.29 is 34.7 Å². The predicted octanol–water partition coefficient (Wildman–Crippen LogP) is -0.901. The molecule has 4 unspecified atom stereocenters. The lowest BCUT2D eigenvalue weighted by molar-refractivity contribution is -0.317. The van der Waals surface area contributed by atoms with Crippen molar-refractivity contribution in [2.45, 2.75) is 37.9 Å². The Labute approximate surface area is 117 Å². The molecule has 0 amide bonds. The molecule has 0 aliphatic carbocycles. The van der Waals surface area contributed by atoms with Gasteiger partial charge in [-0.05, 0) is 13.8 Å². The molecule has 0 aliphatic rings. The molecule has 4 N–H and O–H groups in total. The smallest absolute Gasteiger partial charge is 0.333 e. The van der Waals surface area contributed by atoms with Crippen LogP contribution in [-0.4, -0.2) is 63.7 Å². The molecular weight excluding hydrogens is 268 g/mol. The summed E-state index contributed by atoms with van der Waals surface area (Å²) in [6.45, 7) is 5.18. The summed E-state index contributed by atoms with van der Waals surface area (Å²) in [7, 11) is 0. The molecule has 0 aromatic rings. The number of carbonyl (C=O) groups excluding carboxylic acids is 1. The van der Waals surface area contributed by atoms with Crippen LogP contribution in [0.15, 0.2) is 24.8 Å². The number of allylic oxidation sites excluding steroid dienone is 1. The SMILES string of the molecule is C=CCOC(OC(=O)C=CC)(C(O)CO)C(O)C(C)O. The van der Waals surface area contributed by atoms with Crippen LogP contribution in [0.5, 0.6) is 0 Å². The van der Waals surface area contributed by atoms with Crippen molar-refractivity contribution in [1.82, 2.24) is 0 Å². The highest BCUT2D eigenvalue weighted by atomic mass is 16.7. The zero-order valence-electron chi connectivity index (χ0n) is 11.6. The minimum Gasteiger partial charge on any atom is -0.424 e. The second kappa shape index (κ2) is 8.83. The van der Waals surface area contributed by atoms with Gasteiger partial charge in [-0.3, -0.25) is 0 Å². The van der Waals surface area contributed by atoms with E-state index in [4.69, 9.17) is 14.6 Å². The fourth-order valence-corrected chi connectivity index (χ4v) is 1.52. The molecule has 0 heterocycles. The summed E-state index contributed by atoms with van der Waals surface area (Å²) in [5, 5.41) is 38.4. The number of ether oxygens (including phenoxy) is 2. The van der Waals surface area contributed by atoms with Gasteiger partial charge in [0.1, 0.15) is 12.2 Å². The lowest BCUT2D eigenvalue weighted by atomic mass is 9.99. The minimum atomic E-state index is -2.30. The number of rotatable bonds is 9. The molecule has 0 bridgehead atoms. The fraction of sp³-hybridized carbons (Fsp3) is 0.615. The van der Waals surface area contributed by atoms with Gasteiger partial charge in [0.05, 0.1) is 19.3 Å². The van der Waals surface area contributed by atoms with Gasteiger partial charge in [-0.25, -0.2) is 4.79 Å². The fourth-order valence-electron chi connectivity index (χ4n) is 1.52. The van der Waals surface area contributed by atoms with Crippen molar-refractivity contribution in [3.8, 4) is 0 Å². The van der Waals surface area contributed by atoms with Crippen LogP contribution in [-0.2, 0) is 14.3 Å². The number of esters is 1. The lowest BCUT2D eigenvalue weighted by Crippen LogP contribution is -2.61. The van der Waals surface area contributed by atoms with E-state index in [9.17, 15) is 20.1 Å². The molecule has 0 spiro atoms. The van der Waals surface area contributed by atoms with Crippen LogP contribution in [0.3, 0.4) is 0 Å². The van der Waals surface area contributed by atoms with Gasteiger partial charge >= 0.3 is 5.97 Å². The van der Waals surface area contributed by atoms with E-state index in [0.717, 1.165) is 6.08 Å². The zero-order chi connectivity index (χ0) is 15.8. The van der Waals surface area contributed by atoms with Gasteiger partial charge in [-0.1, -0.05) is 12.2 Å². The van der Waals surface area contributed by atoms with Gasteiger partial charge in [0, 0.05) is 6.08 Å². The average molecular weight is 290 g/mol. The van der Waals surface area contributed by atoms with Crippen molar-refractivity contribution in [2.75, 3.05) is 13.2 Å². The minimum absolute atomic E-state index is 0.177. The van der Waals surface area contributed by atoms with Gasteiger partial charge in [-0.2, -0.15) is 0 Å². The van der Waals surface area contributed by atoms with Gasteiger partial charge in [0.25, 0.3) is 5.79 Å². The molecule has 0 aliphatic heterocycles. The summed E-state index contributed by atoms with van der Waals surface area (Å²) in [4.78, 5) is 11.6. The predicted molar refractivity (Wildman–Crippen MR) is 70.6 cm³/mol. The van der Waals surface area contributed by atoms with Gasteiger partial charge in [0.2, 0.25) is 0 Å². The molecule has 0 fully saturated rings. The Morgan fingerprint density at radius 1 is 1.40 bits per heavy atom. The Kier molecular flexibility index (Phi) is 8.28. The van der Waals surface area contributed by atoms with E-state index in [1.807, 2.05) is 0 Å². The summed E-state index contributed by atoms with van der Waals surface area (Å²) in [5.74, 6) is -3.20. The van der Waals surface area contributed by atoms with E-state index >= 15 is 0 Å². The molecule has 0 saturated carbocycles. The first-order valence-corrected chi connectivity index (χ1v) is 6.11. The van der Waals surface area contributed by atoms with E-state index in [2.05, 4.69) is 6.58 Å². The van der Waals surface area contributed by atoms with Crippen molar-refractivity contribution in [1.29, 1.82) is 0 Å². The van der Waals surface area contributed by atoms with Crippen LogP contribution in [0.2, 0.25) is 0 Å². The topological polar surface area (TPSA) is 116 Å². The first-order chi connectivity index (χ1) is 9.35. The summed E-state index contributed by atoms with van der Waals surface area (Å²) in [5.41, 5.74) is 0.